The molecule has 0 spiro atoms. The average molecular weight is 856 g/mol. The van der Waals surface area contributed by atoms with Gasteiger partial charge in [0.15, 0.2) is 17.5 Å². The molecule has 3 heterocycles. The monoisotopic (exact) mass is 855 g/mol. The lowest BCUT2D eigenvalue weighted by Crippen LogP contribution is -2.01. The van der Waals surface area contributed by atoms with Gasteiger partial charge in [0, 0.05) is 33.0 Å². The van der Waals surface area contributed by atoms with Gasteiger partial charge in [-0.1, -0.05) is 188 Å². The summed E-state index contributed by atoms with van der Waals surface area (Å²) in [5.41, 5.74) is 15.9. The molecule has 67 heavy (non-hydrogen) atoms. The van der Waals surface area contributed by atoms with E-state index in [9.17, 15) is 0 Å². The topological polar surface area (TPSA) is 56.5 Å². The molecule has 0 bridgehead atoms. The fourth-order valence-corrected chi connectivity index (χ4v) is 9.10. The van der Waals surface area contributed by atoms with Crippen molar-refractivity contribution in [3.8, 4) is 95.7 Å². The molecule has 0 atom stereocenters. The van der Waals surface area contributed by atoms with Crippen molar-refractivity contribution in [2.75, 3.05) is 0 Å². The van der Waals surface area contributed by atoms with Crippen LogP contribution in [-0.2, 0) is 0 Å². The van der Waals surface area contributed by atoms with Crippen LogP contribution in [0.25, 0.3) is 118 Å². The zero-order valence-electron chi connectivity index (χ0n) is 36.4. The first-order chi connectivity index (χ1) is 33.2. The van der Waals surface area contributed by atoms with E-state index in [1.807, 2.05) is 66.7 Å². The number of rotatable bonds is 9. The van der Waals surface area contributed by atoms with E-state index >= 15 is 0 Å². The Labute approximate surface area is 389 Å². The molecule has 314 valence electrons. The van der Waals surface area contributed by atoms with Gasteiger partial charge in [-0.3, -0.25) is 4.57 Å². The predicted octanol–water partition coefficient (Wildman–Crippen LogP) is 15.7. The molecule has 3 aromatic heterocycles. The van der Waals surface area contributed by atoms with Gasteiger partial charge in [-0.25, -0.2) is 19.9 Å². The summed E-state index contributed by atoms with van der Waals surface area (Å²) in [6, 6.07) is 87.2. The maximum Gasteiger partial charge on any atom is 0.164 e. The van der Waals surface area contributed by atoms with Crippen molar-refractivity contribution in [1.82, 2.24) is 24.5 Å². The van der Waals surface area contributed by atoms with Crippen molar-refractivity contribution < 1.29 is 0 Å². The molecule has 0 N–H and O–H groups in total. The van der Waals surface area contributed by atoms with Crippen LogP contribution in [0, 0.1) is 0 Å². The minimum atomic E-state index is 0.602. The van der Waals surface area contributed by atoms with Crippen LogP contribution >= 0.6 is 0 Å². The summed E-state index contributed by atoms with van der Waals surface area (Å²) < 4.78 is 2.31. The average Bonchev–Trinajstić information content (AvgIpc) is 3.75. The number of nitrogens with zero attached hydrogens (tertiary/aromatic N) is 5. The Hall–Kier alpha value is -9.06. The molecule has 0 saturated carbocycles. The third kappa shape index (κ3) is 7.75. The van der Waals surface area contributed by atoms with E-state index in [0.29, 0.717) is 17.5 Å². The van der Waals surface area contributed by atoms with E-state index in [4.69, 9.17) is 19.9 Å². The first-order valence-electron chi connectivity index (χ1n) is 22.5. The van der Waals surface area contributed by atoms with Crippen LogP contribution in [0.5, 0.6) is 0 Å². The fraction of sp³-hybridized carbons (Fsp3) is 0. The first kappa shape index (κ1) is 39.5. The Morgan fingerprint density at radius 2 is 0.567 bits per heavy atom. The summed E-state index contributed by atoms with van der Waals surface area (Å²) in [5.74, 6) is 2.68. The van der Waals surface area contributed by atoms with Gasteiger partial charge >= 0.3 is 0 Å². The second kappa shape index (κ2) is 17.1. The number of hydrogen-bond acceptors (Lipinski definition) is 4. The van der Waals surface area contributed by atoms with E-state index in [0.717, 1.165) is 89.0 Å². The fourth-order valence-electron chi connectivity index (χ4n) is 9.10. The van der Waals surface area contributed by atoms with Crippen molar-refractivity contribution in [3.05, 3.63) is 249 Å². The van der Waals surface area contributed by atoms with E-state index in [1.54, 1.807) is 0 Å². The zero-order valence-corrected chi connectivity index (χ0v) is 36.4. The van der Waals surface area contributed by atoms with Gasteiger partial charge in [-0.15, -0.1) is 0 Å². The van der Waals surface area contributed by atoms with Gasteiger partial charge in [0.05, 0.1) is 16.7 Å². The van der Waals surface area contributed by atoms with Crippen molar-refractivity contribution in [1.29, 1.82) is 0 Å². The molecule has 0 aliphatic rings. The summed E-state index contributed by atoms with van der Waals surface area (Å²) in [5, 5.41) is 2.16. The second-order valence-electron chi connectivity index (χ2n) is 16.7. The molecular formula is C62H41N5. The molecule has 0 amide bonds. The highest BCUT2D eigenvalue weighted by Crippen LogP contribution is 2.40. The van der Waals surface area contributed by atoms with Crippen LogP contribution in [-0.4, -0.2) is 24.5 Å². The normalized spacial score (nSPS) is 11.3. The van der Waals surface area contributed by atoms with Crippen LogP contribution in [0.15, 0.2) is 249 Å². The summed E-state index contributed by atoms with van der Waals surface area (Å²) in [7, 11) is 0. The summed E-state index contributed by atoms with van der Waals surface area (Å²) >= 11 is 0. The second-order valence-corrected chi connectivity index (χ2v) is 16.7. The maximum absolute atomic E-state index is 5.44. The molecule has 5 heteroatoms. The van der Waals surface area contributed by atoms with E-state index < -0.39 is 0 Å². The van der Waals surface area contributed by atoms with E-state index in [1.165, 1.54) is 11.1 Å². The highest BCUT2D eigenvalue weighted by atomic mass is 15.1. The number of pyridine rings is 1. The quantitative estimate of drug-likeness (QED) is 0.145. The number of fused-ring (bicyclic) bond motifs is 3. The molecule has 0 unspecified atom stereocenters. The van der Waals surface area contributed by atoms with Crippen molar-refractivity contribution in [2.24, 2.45) is 0 Å². The number of aromatic nitrogens is 5. The molecule has 0 fully saturated rings. The molecule has 0 radical (unpaired) electrons. The lowest BCUT2D eigenvalue weighted by Gasteiger charge is -2.14. The largest absolute Gasteiger partial charge is 0.294 e. The Morgan fingerprint density at radius 3 is 1.01 bits per heavy atom. The van der Waals surface area contributed by atoms with Gasteiger partial charge < -0.3 is 0 Å². The number of hydrogen-bond donors (Lipinski definition) is 0. The molecule has 12 aromatic rings. The van der Waals surface area contributed by atoms with Crippen LogP contribution in [0.3, 0.4) is 0 Å². The zero-order chi connectivity index (χ0) is 44.5. The molecule has 9 aromatic carbocycles. The summed E-state index contributed by atoms with van der Waals surface area (Å²) in [6.45, 7) is 0. The molecule has 5 nitrogen and oxygen atoms in total. The molecule has 0 saturated heterocycles. The Morgan fingerprint density at radius 1 is 0.224 bits per heavy atom. The van der Waals surface area contributed by atoms with E-state index in [-0.39, 0.29) is 0 Å². The molecule has 0 aliphatic carbocycles. The smallest absolute Gasteiger partial charge is 0.164 e. The summed E-state index contributed by atoms with van der Waals surface area (Å²) in [4.78, 5) is 20.7. The van der Waals surface area contributed by atoms with Gasteiger partial charge in [0.25, 0.3) is 0 Å². The molecule has 12 rings (SSSR count). The standard InChI is InChI=1S/C62H41N5/c1-7-19-42(20-8-1)50-35-51(43-21-9-2-10-22-43)37-52(36-50)48-31-33-57-54(38-48)55-39-49(62-65-60(46-27-15-5-16-28-46)64-61(66-62)47-29-17-6-18-30-47)32-34-58(55)67(57)59-41-53(44-23-11-3-12-24-44)40-56(63-59)45-25-13-4-14-26-45/h1-41H. The van der Waals surface area contributed by atoms with Crippen LogP contribution in [0.1, 0.15) is 0 Å². The highest BCUT2D eigenvalue weighted by molar-refractivity contribution is 6.11. The lowest BCUT2D eigenvalue weighted by atomic mass is 9.93. The molecule has 0 aliphatic heterocycles. The Bertz CT molecular complexity index is 3350. The minimum Gasteiger partial charge on any atom is -0.294 e. The summed E-state index contributed by atoms with van der Waals surface area (Å²) in [6.07, 6.45) is 0. The maximum atomic E-state index is 5.44. The van der Waals surface area contributed by atoms with Gasteiger partial charge in [-0.2, -0.15) is 0 Å². The minimum absolute atomic E-state index is 0.602. The first-order valence-corrected chi connectivity index (χ1v) is 22.5. The third-order valence-corrected chi connectivity index (χ3v) is 12.4. The van der Waals surface area contributed by atoms with Crippen molar-refractivity contribution >= 4 is 21.8 Å². The predicted molar refractivity (Wildman–Crippen MR) is 275 cm³/mol. The van der Waals surface area contributed by atoms with Gasteiger partial charge in [0.2, 0.25) is 0 Å². The lowest BCUT2D eigenvalue weighted by molar-refractivity contribution is 1.07. The SMILES string of the molecule is c1ccc(-c2cc(-c3ccccc3)cc(-c3ccc4c(c3)c3cc(-c5nc(-c6ccccc6)nc(-c6ccccc6)n5)ccc3n4-c3cc(-c4ccccc4)cc(-c4ccccc4)n3)c2)cc1. The van der Waals surface area contributed by atoms with Crippen molar-refractivity contribution in [3.63, 3.8) is 0 Å². The number of benzene rings is 9. The third-order valence-electron chi connectivity index (χ3n) is 12.4. The van der Waals surface area contributed by atoms with Crippen molar-refractivity contribution in [2.45, 2.75) is 0 Å². The van der Waals surface area contributed by atoms with Gasteiger partial charge in [-0.05, 0) is 105 Å². The van der Waals surface area contributed by atoms with Crippen LogP contribution < -0.4 is 0 Å². The van der Waals surface area contributed by atoms with Crippen LogP contribution in [0.4, 0.5) is 0 Å². The van der Waals surface area contributed by atoms with Crippen LogP contribution in [0.2, 0.25) is 0 Å². The van der Waals surface area contributed by atoms with Gasteiger partial charge in [0.1, 0.15) is 5.82 Å². The Kier molecular flexibility index (Phi) is 10.1. The Balaban J connectivity index is 1.11. The van der Waals surface area contributed by atoms with E-state index in [2.05, 4.69) is 187 Å². The highest BCUT2D eigenvalue weighted by Gasteiger charge is 2.20. The molecular weight excluding hydrogens is 815 g/mol.